The first kappa shape index (κ1) is 15.0. The highest BCUT2D eigenvalue weighted by molar-refractivity contribution is 9.10. The molecular formula is C15H23BrN2O. The summed E-state index contributed by atoms with van der Waals surface area (Å²) in [6.07, 6.45) is 1.08. The lowest BCUT2D eigenvalue weighted by Gasteiger charge is -2.29. The summed E-state index contributed by atoms with van der Waals surface area (Å²) < 4.78 is 6.51. The van der Waals surface area contributed by atoms with Crippen LogP contribution in [0.5, 0.6) is 0 Å². The van der Waals surface area contributed by atoms with Gasteiger partial charge in [-0.05, 0) is 37.6 Å². The fraction of sp³-hybridized carbons (Fsp3) is 0.600. The summed E-state index contributed by atoms with van der Waals surface area (Å²) in [7, 11) is 0. The maximum absolute atomic E-state index is 5.36. The van der Waals surface area contributed by atoms with E-state index in [-0.39, 0.29) is 0 Å². The summed E-state index contributed by atoms with van der Waals surface area (Å²) in [6.45, 7) is 8.31. The summed E-state index contributed by atoms with van der Waals surface area (Å²) in [5.41, 5.74) is 1.38. The molecule has 1 N–H and O–H groups in total. The zero-order valence-electron chi connectivity index (χ0n) is 11.6. The molecule has 1 aromatic carbocycles. The van der Waals surface area contributed by atoms with Crippen LogP contribution in [-0.2, 0) is 11.2 Å². The number of benzene rings is 1. The molecule has 1 aliphatic heterocycles. The highest BCUT2D eigenvalue weighted by Gasteiger charge is 2.12. The second kappa shape index (κ2) is 8.00. The third-order valence-corrected chi connectivity index (χ3v) is 3.98. The Morgan fingerprint density at radius 1 is 1.26 bits per heavy atom. The first-order chi connectivity index (χ1) is 9.24. The van der Waals surface area contributed by atoms with Gasteiger partial charge in [0.15, 0.2) is 0 Å². The third-order valence-electron chi connectivity index (χ3n) is 3.46. The molecule has 3 nitrogen and oxygen atoms in total. The Bertz CT molecular complexity index is 363. The van der Waals surface area contributed by atoms with E-state index in [0.29, 0.717) is 6.04 Å². The molecule has 1 aromatic rings. The normalized spacial score (nSPS) is 18.4. The van der Waals surface area contributed by atoms with Crippen LogP contribution in [0.1, 0.15) is 12.5 Å². The van der Waals surface area contributed by atoms with Crippen molar-refractivity contribution in [1.29, 1.82) is 0 Å². The molecule has 1 unspecified atom stereocenters. The number of nitrogens with zero attached hydrogens (tertiary/aromatic N) is 1. The molecule has 0 radical (unpaired) electrons. The fourth-order valence-electron chi connectivity index (χ4n) is 2.35. The second-order valence-corrected chi connectivity index (χ2v) is 6.06. The number of hydrogen-bond donors (Lipinski definition) is 1. The van der Waals surface area contributed by atoms with Crippen LogP contribution in [0.4, 0.5) is 0 Å². The Hall–Kier alpha value is -0.420. The van der Waals surface area contributed by atoms with Crippen molar-refractivity contribution in [1.82, 2.24) is 10.2 Å². The van der Waals surface area contributed by atoms with Crippen LogP contribution < -0.4 is 5.32 Å². The van der Waals surface area contributed by atoms with Gasteiger partial charge in [0.25, 0.3) is 0 Å². The van der Waals surface area contributed by atoms with Crippen LogP contribution in [0.25, 0.3) is 0 Å². The minimum absolute atomic E-state index is 0.536. The van der Waals surface area contributed by atoms with Crippen molar-refractivity contribution in [3.8, 4) is 0 Å². The van der Waals surface area contributed by atoms with Gasteiger partial charge in [-0.1, -0.05) is 28.1 Å². The van der Waals surface area contributed by atoms with Crippen molar-refractivity contribution in [3.63, 3.8) is 0 Å². The van der Waals surface area contributed by atoms with Gasteiger partial charge in [-0.25, -0.2) is 0 Å². The summed E-state index contributed by atoms with van der Waals surface area (Å²) in [5.74, 6) is 0. The van der Waals surface area contributed by atoms with Crippen molar-refractivity contribution >= 4 is 15.9 Å². The minimum atomic E-state index is 0.536. The van der Waals surface area contributed by atoms with E-state index >= 15 is 0 Å². The zero-order valence-corrected chi connectivity index (χ0v) is 13.2. The molecule has 0 bridgehead atoms. The molecule has 0 aromatic heterocycles. The van der Waals surface area contributed by atoms with Crippen LogP contribution in [0, 0.1) is 0 Å². The largest absolute Gasteiger partial charge is 0.379 e. The molecule has 0 spiro atoms. The van der Waals surface area contributed by atoms with Gasteiger partial charge in [0, 0.05) is 30.1 Å². The molecule has 4 heteroatoms. The molecule has 1 aliphatic rings. The lowest BCUT2D eigenvalue weighted by molar-refractivity contribution is 0.0344. The first-order valence-corrected chi connectivity index (χ1v) is 7.81. The predicted octanol–water partition coefficient (Wildman–Crippen LogP) is 2.30. The Morgan fingerprint density at radius 2 is 1.95 bits per heavy atom. The smallest absolute Gasteiger partial charge is 0.0594 e. The van der Waals surface area contributed by atoms with E-state index in [1.807, 2.05) is 0 Å². The van der Waals surface area contributed by atoms with E-state index in [1.54, 1.807) is 0 Å². The summed E-state index contributed by atoms with van der Waals surface area (Å²) >= 11 is 3.46. The van der Waals surface area contributed by atoms with E-state index in [2.05, 4.69) is 57.3 Å². The van der Waals surface area contributed by atoms with Crippen molar-refractivity contribution < 1.29 is 4.74 Å². The Balaban J connectivity index is 1.63. The van der Waals surface area contributed by atoms with Gasteiger partial charge in [0.2, 0.25) is 0 Å². The maximum Gasteiger partial charge on any atom is 0.0594 e. The molecular weight excluding hydrogens is 304 g/mol. The lowest BCUT2D eigenvalue weighted by atomic mass is 10.1. The number of rotatable bonds is 6. The molecule has 0 saturated carbocycles. The van der Waals surface area contributed by atoms with Crippen LogP contribution in [0.3, 0.4) is 0 Å². The number of hydrogen-bond acceptors (Lipinski definition) is 3. The average Bonchev–Trinajstić information content (AvgIpc) is 2.42. The highest BCUT2D eigenvalue weighted by atomic mass is 79.9. The predicted molar refractivity (Wildman–Crippen MR) is 82.6 cm³/mol. The van der Waals surface area contributed by atoms with E-state index in [9.17, 15) is 0 Å². The average molecular weight is 327 g/mol. The highest BCUT2D eigenvalue weighted by Crippen LogP contribution is 2.10. The Morgan fingerprint density at radius 3 is 2.63 bits per heavy atom. The third kappa shape index (κ3) is 5.61. The van der Waals surface area contributed by atoms with E-state index in [4.69, 9.17) is 4.74 Å². The fourth-order valence-corrected chi connectivity index (χ4v) is 2.61. The van der Waals surface area contributed by atoms with Gasteiger partial charge < -0.3 is 10.1 Å². The Labute approximate surface area is 124 Å². The van der Waals surface area contributed by atoms with Gasteiger partial charge in [-0.3, -0.25) is 4.90 Å². The number of nitrogens with one attached hydrogen (secondary N) is 1. The quantitative estimate of drug-likeness (QED) is 0.868. The molecule has 1 saturated heterocycles. The van der Waals surface area contributed by atoms with Crippen LogP contribution in [0.15, 0.2) is 28.7 Å². The van der Waals surface area contributed by atoms with Gasteiger partial charge >= 0.3 is 0 Å². The molecule has 2 rings (SSSR count). The van der Waals surface area contributed by atoms with Gasteiger partial charge in [-0.2, -0.15) is 0 Å². The van der Waals surface area contributed by atoms with E-state index in [1.165, 1.54) is 5.56 Å². The van der Waals surface area contributed by atoms with Crippen molar-refractivity contribution in [2.75, 3.05) is 39.4 Å². The number of morpholine rings is 1. The van der Waals surface area contributed by atoms with Crippen molar-refractivity contribution in [3.05, 3.63) is 34.3 Å². The van der Waals surface area contributed by atoms with Crippen LogP contribution in [-0.4, -0.2) is 50.3 Å². The summed E-state index contributed by atoms with van der Waals surface area (Å²) in [6, 6.07) is 9.10. The topological polar surface area (TPSA) is 24.5 Å². The zero-order chi connectivity index (χ0) is 13.5. The van der Waals surface area contributed by atoms with Crippen LogP contribution in [0.2, 0.25) is 0 Å². The van der Waals surface area contributed by atoms with Crippen molar-refractivity contribution in [2.24, 2.45) is 0 Å². The van der Waals surface area contributed by atoms with Gasteiger partial charge in [-0.15, -0.1) is 0 Å². The van der Waals surface area contributed by atoms with Gasteiger partial charge in [0.1, 0.15) is 0 Å². The van der Waals surface area contributed by atoms with Crippen LogP contribution >= 0.6 is 15.9 Å². The summed E-state index contributed by atoms with van der Waals surface area (Å²) in [4.78, 5) is 2.47. The van der Waals surface area contributed by atoms with E-state index in [0.717, 1.165) is 50.3 Å². The lowest BCUT2D eigenvalue weighted by Crippen LogP contribution is -2.44. The minimum Gasteiger partial charge on any atom is -0.379 e. The second-order valence-electron chi connectivity index (χ2n) is 5.14. The van der Waals surface area contributed by atoms with E-state index < -0.39 is 0 Å². The molecule has 0 aliphatic carbocycles. The first-order valence-electron chi connectivity index (χ1n) is 7.02. The number of ether oxygens (including phenoxy) is 1. The maximum atomic E-state index is 5.36. The molecule has 1 fully saturated rings. The van der Waals surface area contributed by atoms with Crippen molar-refractivity contribution in [2.45, 2.75) is 19.4 Å². The Kier molecular flexibility index (Phi) is 6.31. The molecule has 0 amide bonds. The molecule has 1 heterocycles. The van der Waals surface area contributed by atoms with Gasteiger partial charge in [0.05, 0.1) is 13.2 Å². The summed E-state index contributed by atoms with van der Waals surface area (Å²) in [5, 5.41) is 3.60. The monoisotopic (exact) mass is 326 g/mol. The SMILES string of the molecule is CC(CN1CCOCC1)NCCc1ccc(Br)cc1. The standard InChI is InChI=1S/C15H23BrN2O/c1-13(12-18-8-10-19-11-9-18)17-7-6-14-2-4-15(16)5-3-14/h2-5,13,17H,6-12H2,1H3. The molecule has 1 atom stereocenters. The molecule has 19 heavy (non-hydrogen) atoms. The number of halogens is 1. The molecule has 106 valence electrons.